The van der Waals surface area contributed by atoms with Gasteiger partial charge in [0.25, 0.3) is 0 Å². The van der Waals surface area contributed by atoms with Gasteiger partial charge in [0.15, 0.2) is 0 Å². The number of nitrogens with one attached hydrogen (secondary N) is 1. The van der Waals surface area contributed by atoms with Crippen molar-refractivity contribution in [3.63, 3.8) is 0 Å². The summed E-state index contributed by atoms with van der Waals surface area (Å²) in [5, 5.41) is 3.57. The molecule has 0 saturated heterocycles. The van der Waals surface area contributed by atoms with Gasteiger partial charge in [0, 0.05) is 12.0 Å². The van der Waals surface area contributed by atoms with E-state index in [0.29, 0.717) is 0 Å². The highest BCUT2D eigenvalue weighted by atomic mass is 16.3. The molecule has 2 aromatic rings. The summed E-state index contributed by atoms with van der Waals surface area (Å²) in [5.41, 5.74) is 5.18. The van der Waals surface area contributed by atoms with Crippen LogP contribution in [0.25, 0.3) is 0 Å². The molecule has 0 fully saturated rings. The highest BCUT2D eigenvalue weighted by molar-refractivity contribution is 5.37. The van der Waals surface area contributed by atoms with Crippen LogP contribution in [0.4, 0.5) is 0 Å². The SMILES string of the molecule is CCNC(c1cc(C)cc(C)c1)c1ccoc1CC. The van der Waals surface area contributed by atoms with E-state index in [1.165, 1.54) is 22.3 Å². The van der Waals surface area contributed by atoms with E-state index >= 15 is 0 Å². The van der Waals surface area contributed by atoms with Crippen LogP contribution in [-0.4, -0.2) is 6.54 Å². The van der Waals surface area contributed by atoms with E-state index in [-0.39, 0.29) is 6.04 Å². The highest BCUT2D eigenvalue weighted by Crippen LogP contribution is 2.27. The van der Waals surface area contributed by atoms with Crippen LogP contribution in [0.3, 0.4) is 0 Å². The number of aryl methyl sites for hydroxylation is 3. The quantitative estimate of drug-likeness (QED) is 0.870. The molecule has 0 bridgehead atoms. The van der Waals surface area contributed by atoms with Gasteiger partial charge in [0.05, 0.1) is 12.3 Å². The second-order valence-electron chi connectivity index (χ2n) is 5.06. The maximum atomic E-state index is 5.58. The van der Waals surface area contributed by atoms with Crippen molar-refractivity contribution < 1.29 is 4.42 Å². The molecule has 19 heavy (non-hydrogen) atoms. The number of benzene rings is 1. The summed E-state index contributed by atoms with van der Waals surface area (Å²) in [7, 11) is 0. The smallest absolute Gasteiger partial charge is 0.108 e. The van der Waals surface area contributed by atoms with Crippen molar-refractivity contribution >= 4 is 0 Å². The number of hydrogen-bond donors (Lipinski definition) is 1. The molecule has 2 nitrogen and oxygen atoms in total. The van der Waals surface area contributed by atoms with Crippen molar-refractivity contribution in [1.29, 1.82) is 0 Å². The molecule has 0 radical (unpaired) electrons. The summed E-state index contributed by atoms with van der Waals surface area (Å²) >= 11 is 0. The number of furan rings is 1. The molecule has 1 heterocycles. The first kappa shape index (κ1) is 13.9. The van der Waals surface area contributed by atoms with Crippen LogP contribution < -0.4 is 5.32 Å². The van der Waals surface area contributed by atoms with Crippen LogP contribution >= 0.6 is 0 Å². The summed E-state index contributed by atoms with van der Waals surface area (Å²) in [5.74, 6) is 1.07. The minimum Gasteiger partial charge on any atom is -0.469 e. The van der Waals surface area contributed by atoms with Crippen molar-refractivity contribution in [3.05, 3.63) is 58.5 Å². The standard InChI is InChI=1S/C17H23NO/c1-5-16-15(7-8-19-16)17(18-6-2)14-10-12(3)9-13(4)11-14/h7-11,17-18H,5-6H2,1-4H3. The molecule has 1 aromatic heterocycles. The van der Waals surface area contributed by atoms with Gasteiger partial charge in [-0.05, 0) is 32.0 Å². The van der Waals surface area contributed by atoms with Gasteiger partial charge >= 0.3 is 0 Å². The third-order valence-electron chi connectivity index (χ3n) is 3.40. The maximum absolute atomic E-state index is 5.58. The fourth-order valence-electron chi connectivity index (χ4n) is 2.68. The van der Waals surface area contributed by atoms with E-state index in [9.17, 15) is 0 Å². The first-order valence-corrected chi connectivity index (χ1v) is 7.03. The van der Waals surface area contributed by atoms with Crippen LogP contribution in [0.5, 0.6) is 0 Å². The average molecular weight is 257 g/mol. The first-order chi connectivity index (χ1) is 9.15. The monoisotopic (exact) mass is 257 g/mol. The zero-order chi connectivity index (χ0) is 13.8. The van der Waals surface area contributed by atoms with E-state index in [1.54, 1.807) is 6.26 Å². The summed E-state index contributed by atoms with van der Waals surface area (Å²) in [4.78, 5) is 0. The van der Waals surface area contributed by atoms with Gasteiger partial charge in [0.1, 0.15) is 5.76 Å². The van der Waals surface area contributed by atoms with E-state index in [1.807, 2.05) is 0 Å². The second kappa shape index (κ2) is 6.07. The Morgan fingerprint density at radius 3 is 2.37 bits per heavy atom. The fourth-order valence-corrected chi connectivity index (χ4v) is 2.68. The zero-order valence-corrected chi connectivity index (χ0v) is 12.3. The molecule has 0 aliphatic carbocycles. The summed E-state index contributed by atoms with van der Waals surface area (Å²) in [6.45, 7) is 9.51. The third-order valence-corrected chi connectivity index (χ3v) is 3.40. The summed E-state index contributed by atoms with van der Waals surface area (Å²) < 4.78 is 5.58. The van der Waals surface area contributed by atoms with Crippen LogP contribution in [0.1, 0.15) is 47.9 Å². The van der Waals surface area contributed by atoms with E-state index < -0.39 is 0 Å². The molecule has 0 aliphatic heterocycles. The summed E-state index contributed by atoms with van der Waals surface area (Å²) in [6, 6.07) is 9.03. The predicted molar refractivity (Wildman–Crippen MR) is 79.5 cm³/mol. The molecule has 0 aliphatic rings. The van der Waals surface area contributed by atoms with Gasteiger partial charge < -0.3 is 9.73 Å². The Morgan fingerprint density at radius 1 is 1.11 bits per heavy atom. The van der Waals surface area contributed by atoms with E-state index in [2.05, 4.69) is 57.3 Å². The molecular weight excluding hydrogens is 234 g/mol. The normalized spacial score (nSPS) is 12.6. The molecule has 0 amide bonds. The number of hydrogen-bond acceptors (Lipinski definition) is 2. The van der Waals surface area contributed by atoms with Crippen molar-refractivity contribution in [2.45, 2.75) is 40.2 Å². The van der Waals surface area contributed by atoms with Crippen molar-refractivity contribution in [3.8, 4) is 0 Å². The third kappa shape index (κ3) is 3.07. The molecule has 1 N–H and O–H groups in total. The van der Waals surface area contributed by atoms with Crippen molar-refractivity contribution in [1.82, 2.24) is 5.32 Å². The summed E-state index contributed by atoms with van der Waals surface area (Å²) in [6.07, 6.45) is 2.72. The van der Waals surface area contributed by atoms with Gasteiger partial charge in [0.2, 0.25) is 0 Å². The lowest BCUT2D eigenvalue weighted by Crippen LogP contribution is -2.22. The second-order valence-corrected chi connectivity index (χ2v) is 5.06. The van der Waals surface area contributed by atoms with Gasteiger partial charge in [-0.25, -0.2) is 0 Å². The Kier molecular flexibility index (Phi) is 4.43. The molecule has 1 aromatic carbocycles. The number of rotatable bonds is 5. The molecule has 2 heteroatoms. The Labute approximate surface area is 115 Å². The Hall–Kier alpha value is -1.54. The predicted octanol–water partition coefficient (Wildman–Crippen LogP) is 4.16. The molecule has 102 valence electrons. The van der Waals surface area contributed by atoms with Crippen LogP contribution in [0.15, 0.2) is 34.9 Å². The lowest BCUT2D eigenvalue weighted by Gasteiger charge is -2.19. The Morgan fingerprint density at radius 2 is 1.79 bits per heavy atom. The lowest BCUT2D eigenvalue weighted by molar-refractivity contribution is 0.502. The first-order valence-electron chi connectivity index (χ1n) is 7.03. The maximum Gasteiger partial charge on any atom is 0.108 e. The van der Waals surface area contributed by atoms with Gasteiger partial charge in [-0.1, -0.05) is 43.2 Å². The molecule has 0 saturated carbocycles. The molecule has 2 rings (SSSR count). The minimum atomic E-state index is 0.220. The van der Waals surface area contributed by atoms with Crippen molar-refractivity contribution in [2.75, 3.05) is 6.54 Å². The van der Waals surface area contributed by atoms with E-state index in [0.717, 1.165) is 18.7 Å². The topological polar surface area (TPSA) is 25.2 Å². The van der Waals surface area contributed by atoms with Gasteiger partial charge in [-0.2, -0.15) is 0 Å². The minimum absolute atomic E-state index is 0.220. The lowest BCUT2D eigenvalue weighted by atomic mass is 9.95. The van der Waals surface area contributed by atoms with Crippen LogP contribution in [-0.2, 0) is 6.42 Å². The molecule has 0 spiro atoms. The fraction of sp³-hybridized carbons (Fsp3) is 0.412. The Balaban J connectivity index is 2.45. The Bertz CT molecular complexity index is 522. The van der Waals surface area contributed by atoms with Gasteiger partial charge in [-0.3, -0.25) is 0 Å². The molecular formula is C17H23NO. The largest absolute Gasteiger partial charge is 0.469 e. The molecule has 1 unspecified atom stereocenters. The molecule has 1 atom stereocenters. The van der Waals surface area contributed by atoms with Crippen molar-refractivity contribution in [2.24, 2.45) is 0 Å². The average Bonchev–Trinajstić information content (AvgIpc) is 2.82. The van der Waals surface area contributed by atoms with Gasteiger partial charge in [-0.15, -0.1) is 0 Å². The van der Waals surface area contributed by atoms with E-state index in [4.69, 9.17) is 4.42 Å². The zero-order valence-electron chi connectivity index (χ0n) is 12.3. The van der Waals surface area contributed by atoms with Crippen LogP contribution in [0.2, 0.25) is 0 Å². The highest BCUT2D eigenvalue weighted by Gasteiger charge is 2.18. The van der Waals surface area contributed by atoms with Crippen LogP contribution in [0, 0.1) is 13.8 Å².